The second-order valence-electron chi connectivity index (χ2n) is 5.69. The van der Waals surface area contributed by atoms with E-state index >= 15 is 0 Å². The Bertz CT molecular complexity index is 532. The van der Waals surface area contributed by atoms with Crippen molar-refractivity contribution in [1.29, 1.82) is 0 Å². The number of hydrogen-bond acceptors (Lipinski definition) is 2. The number of halogens is 1. The maximum Gasteiger partial charge on any atom is 0.279 e. The highest BCUT2D eigenvalue weighted by Crippen LogP contribution is 2.19. The summed E-state index contributed by atoms with van der Waals surface area (Å²) in [5.74, 6) is -0.116. The number of carbonyl (C=O) groups excluding carboxylic acids is 2. The number of quaternary nitrogens is 1. The van der Waals surface area contributed by atoms with Crippen LogP contribution >= 0.6 is 15.9 Å². The van der Waals surface area contributed by atoms with Crippen molar-refractivity contribution in [2.24, 2.45) is 0 Å². The van der Waals surface area contributed by atoms with Crippen LogP contribution in [0.15, 0.2) is 22.7 Å². The average molecular weight is 371 g/mol. The van der Waals surface area contributed by atoms with Gasteiger partial charge in [-0.25, -0.2) is 0 Å². The predicted octanol–water partition coefficient (Wildman–Crippen LogP) is 1.13. The van der Waals surface area contributed by atoms with Crippen LogP contribution in [0.5, 0.6) is 0 Å². The van der Waals surface area contributed by atoms with Crippen LogP contribution in [0.2, 0.25) is 0 Å². The van der Waals surface area contributed by atoms with Gasteiger partial charge in [-0.3, -0.25) is 9.59 Å². The zero-order valence-corrected chi connectivity index (χ0v) is 15.2. The zero-order valence-electron chi connectivity index (χ0n) is 13.6. The van der Waals surface area contributed by atoms with Crippen molar-refractivity contribution >= 4 is 33.4 Å². The first-order chi connectivity index (χ1) is 10.3. The molecule has 0 aromatic heterocycles. The quantitative estimate of drug-likeness (QED) is 0.673. The summed E-state index contributed by atoms with van der Waals surface area (Å²) in [6.45, 7) is 9.09. The molecule has 1 aromatic rings. The molecule has 5 nitrogen and oxygen atoms in total. The van der Waals surface area contributed by atoms with E-state index in [0.717, 1.165) is 27.2 Å². The number of anilines is 1. The fourth-order valence-electron chi connectivity index (χ4n) is 2.07. The van der Waals surface area contributed by atoms with Gasteiger partial charge in [0.15, 0.2) is 13.1 Å². The molecule has 1 atom stereocenters. The second-order valence-corrected chi connectivity index (χ2v) is 6.55. The molecule has 0 heterocycles. The first-order valence-corrected chi connectivity index (χ1v) is 8.30. The Hall–Kier alpha value is -1.40. The first kappa shape index (κ1) is 18.6. The molecule has 0 radical (unpaired) electrons. The fraction of sp³-hybridized carbons (Fsp3) is 0.500. The summed E-state index contributed by atoms with van der Waals surface area (Å²) >= 11 is 3.43. The molecule has 1 aromatic carbocycles. The zero-order chi connectivity index (χ0) is 16.7. The molecular weight excluding hydrogens is 346 g/mol. The fourth-order valence-corrected chi connectivity index (χ4v) is 2.31. The number of hydrogen-bond donors (Lipinski definition) is 3. The highest BCUT2D eigenvalue weighted by molar-refractivity contribution is 9.10. The smallest absolute Gasteiger partial charge is 0.279 e. The van der Waals surface area contributed by atoms with Crippen molar-refractivity contribution in [2.75, 3.05) is 25.0 Å². The Kier molecular flexibility index (Phi) is 7.55. The van der Waals surface area contributed by atoms with Gasteiger partial charge >= 0.3 is 0 Å². The lowest BCUT2D eigenvalue weighted by Crippen LogP contribution is -3.14. The topological polar surface area (TPSA) is 62.6 Å². The Balaban J connectivity index is 2.54. The summed E-state index contributed by atoms with van der Waals surface area (Å²) in [5.41, 5.74) is 1.83. The van der Waals surface area contributed by atoms with E-state index in [2.05, 4.69) is 26.6 Å². The summed E-state index contributed by atoms with van der Waals surface area (Å²) in [5, 5.41) is 5.72. The molecule has 0 aliphatic carbocycles. The molecule has 0 aliphatic heterocycles. The van der Waals surface area contributed by atoms with E-state index < -0.39 is 0 Å². The average Bonchev–Trinajstić information content (AvgIpc) is 2.41. The molecular formula is C16H25BrN3O2+. The lowest BCUT2D eigenvalue weighted by atomic mass is 10.2. The van der Waals surface area contributed by atoms with Crippen LogP contribution in [0.1, 0.15) is 26.3 Å². The number of benzene rings is 1. The van der Waals surface area contributed by atoms with Crippen molar-refractivity contribution in [2.45, 2.75) is 33.7 Å². The molecule has 6 heteroatoms. The standard InChI is InChI=1S/C16H24BrN3O2/c1-5-20(9-15(21)18-11(2)3)10-16(22)19-13-6-7-14(17)12(4)8-13/h6-8,11H,5,9-10H2,1-4H3,(H,18,21)(H,19,22)/p+1. The number of nitrogens with one attached hydrogen (secondary N) is 3. The van der Waals surface area contributed by atoms with Gasteiger partial charge in [-0.2, -0.15) is 0 Å². The highest BCUT2D eigenvalue weighted by atomic mass is 79.9. The minimum Gasteiger partial charge on any atom is -0.349 e. The van der Waals surface area contributed by atoms with E-state index in [1.807, 2.05) is 45.9 Å². The van der Waals surface area contributed by atoms with Crippen LogP contribution in [0.3, 0.4) is 0 Å². The SMILES string of the molecule is CC[NH+](CC(=O)Nc1ccc(Br)c(C)c1)CC(=O)NC(C)C. The van der Waals surface area contributed by atoms with Crippen molar-refractivity contribution in [3.05, 3.63) is 28.2 Å². The molecule has 3 N–H and O–H groups in total. The summed E-state index contributed by atoms with van der Waals surface area (Å²) < 4.78 is 1.01. The Morgan fingerprint density at radius 1 is 1.23 bits per heavy atom. The van der Waals surface area contributed by atoms with Crippen LogP contribution in [-0.4, -0.2) is 37.5 Å². The number of rotatable bonds is 7. The molecule has 1 rings (SSSR count). The number of aryl methyl sites for hydroxylation is 1. The van der Waals surface area contributed by atoms with Crippen LogP contribution in [-0.2, 0) is 9.59 Å². The van der Waals surface area contributed by atoms with E-state index in [9.17, 15) is 9.59 Å². The molecule has 1 unspecified atom stereocenters. The van der Waals surface area contributed by atoms with Gasteiger partial charge in [-0.1, -0.05) is 15.9 Å². The molecule has 0 saturated heterocycles. The molecule has 0 fully saturated rings. The summed E-state index contributed by atoms with van der Waals surface area (Å²) in [6.07, 6.45) is 0. The van der Waals surface area contributed by atoms with Crippen molar-refractivity contribution in [3.8, 4) is 0 Å². The Morgan fingerprint density at radius 2 is 1.86 bits per heavy atom. The highest BCUT2D eigenvalue weighted by Gasteiger charge is 2.17. The van der Waals surface area contributed by atoms with Gasteiger partial charge in [0.1, 0.15) is 0 Å². The van der Waals surface area contributed by atoms with E-state index in [0.29, 0.717) is 6.54 Å². The van der Waals surface area contributed by atoms with E-state index in [-0.39, 0.29) is 24.4 Å². The Morgan fingerprint density at radius 3 is 2.41 bits per heavy atom. The van der Waals surface area contributed by atoms with Gasteiger partial charge in [0.05, 0.1) is 6.54 Å². The first-order valence-electron chi connectivity index (χ1n) is 7.50. The van der Waals surface area contributed by atoms with Gasteiger partial charge in [0.25, 0.3) is 11.8 Å². The summed E-state index contributed by atoms with van der Waals surface area (Å²) in [6, 6.07) is 5.79. The molecule has 0 spiro atoms. The van der Waals surface area contributed by atoms with Crippen molar-refractivity contribution < 1.29 is 14.5 Å². The van der Waals surface area contributed by atoms with Gasteiger partial charge in [-0.15, -0.1) is 0 Å². The summed E-state index contributed by atoms with van der Waals surface area (Å²) in [4.78, 5) is 24.8. The van der Waals surface area contributed by atoms with Crippen molar-refractivity contribution in [1.82, 2.24) is 5.32 Å². The predicted molar refractivity (Wildman–Crippen MR) is 92.0 cm³/mol. The molecule has 0 bridgehead atoms. The molecule has 122 valence electrons. The molecule has 0 saturated carbocycles. The lowest BCUT2D eigenvalue weighted by Gasteiger charge is -2.18. The molecule has 0 aliphatic rings. The van der Waals surface area contributed by atoms with Crippen LogP contribution < -0.4 is 15.5 Å². The number of amides is 2. The van der Waals surface area contributed by atoms with E-state index in [1.165, 1.54) is 0 Å². The maximum absolute atomic E-state index is 12.1. The number of carbonyl (C=O) groups is 2. The maximum atomic E-state index is 12.1. The van der Waals surface area contributed by atoms with Gasteiger partial charge in [-0.05, 0) is 51.5 Å². The van der Waals surface area contributed by atoms with E-state index in [4.69, 9.17) is 0 Å². The second kappa shape index (κ2) is 8.90. The minimum absolute atomic E-state index is 0.0286. The third-order valence-electron chi connectivity index (χ3n) is 3.21. The third kappa shape index (κ3) is 6.58. The Labute approximate surface area is 140 Å². The van der Waals surface area contributed by atoms with Crippen LogP contribution in [0, 0.1) is 6.92 Å². The van der Waals surface area contributed by atoms with Gasteiger partial charge < -0.3 is 15.5 Å². The largest absolute Gasteiger partial charge is 0.349 e. The monoisotopic (exact) mass is 370 g/mol. The van der Waals surface area contributed by atoms with Gasteiger partial charge in [0, 0.05) is 16.2 Å². The third-order valence-corrected chi connectivity index (χ3v) is 4.10. The van der Waals surface area contributed by atoms with E-state index in [1.54, 1.807) is 0 Å². The van der Waals surface area contributed by atoms with Gasteiger partial charge in [0.2, 0.25) is 0 Å². The number of likely N-dealkylation sites (N-methyl/N-ethyl adjacent to an activating group) is 1. The van der Waals surface area contributed by atoms with Crippen LogP contribution in [0.25, 0.3) is 0 Å². The normalized spacial score (nSPS) is 12.1. The summed E-state index contributed by atoms with van der Waals surface area (Å²) in [7, 11) is 0. The minimum atomic E-state index is -0.0871. The van der Waals surface area contributed by atoms with Crippen molar-refractivity contribution in [3.63, 3.8) is 0 Å². The molecule has 2 amide bonds. The van der Waals surface area contributed by atoms with Crippen LogP contribution in [0.4, 0.5) is 5.69 Å². The lowest BCUT2D eigenvalue weighted by molar-refractivity contribution is -0.881. The molecule has 22 heavy (non-hydrogen) atoms.